The minimum atomic E-state index is 0.758. The topological polar surface area (TPSA) is 9.23 Å². The lowest BCUT2D eigenvalue weighted by atomic mass is 9.68. The van der Waals surface area contributed by atoms with Gasteiger partial charge in [-0.25, -0.2) is 0 Å². The average Bonchev–Trinajstić information content (AvgIpc) is 2.69. The lowest BCUT2D eigenvalue weighted by Crippen LogP contribution is -2.25. The van der Waals surface area contributed by atoms with Crippen molar-refractivity contribution >= 4 is 0 Å². The molecule has 2 fully saturated rings. The van der Waals surface area contributed by atoms with Crippen LogP contribution in [0.1, 0.15) is 81.8 Å². The van der Waals surface area contributed by atoms with E-state index < -0.39 is 0 Å². The smallest absolute Gasteiger partial charge is 0.0716 e. The summed E-state index contributed by atoms with van der Waals surface area (Å²) >= 11 is 0. The minimum absolute atomic E-state index is 0.758. The first-order chi connectivity index (χ1) is 12.3. The highest BCUT2D eigenvalue weighted by Gasteiger charge is 2.30. The van der Waals surface area contributed by atoms with Crippen LogP contribution in [0.4, 0.5) is 0 Å². The van der Waals surface area contributed by atoms with Crippen LogP contribution in [0.15, 0.2) is 36.9 Å². The highest BCUT2D eigenvalue weighted by Crippen LogP contribution is 2.44. The van der Waals surface area contributed by atoms with Crippen molar-refractivity contribution in [2.45, 2.75) is 77.2 Å². The van der Waals surface area contributed by atoms with Crippen LogP contribution < -0.4 is 0 Å². The van der Waals surface area contributed by atoms with E-state index >= 15 is 0 Å². The molecule has 2 aliphatic rings. The Hall–Kier alpha value is -1.08. The summed E-state index contributed by atoms with van der Waals surface area (Å²) in [6.07, 6.45) is 14.6. The van der Waals surface area contributed by atoms with Gasteiger partial charge in [-0.05, 0) is 92.6 Å². The number of benzene rings is 1. The molecule has 0 aromatic heterocycles. The van der Waals surface area contributed by atoms with Crippen LogP contribution in [0.5, 0.6) is 0 Å². The first-order valence-electron chi connectivity index (χ1n) is 10.6. The number of hydrogen-bond acceptors (Lipinski definition) is 1. The Balaban J connectivity index is 1.45. The van der Waals surface area contributed by atoms with Gasteiger partial charge in [-0.3, -0.25) is 0 Å². The highest BCUT2D eigenvalue weighted by atomic mass is 16.5. The molecule has 0 amide bonds. The van der Waals surface area contributed by atoms with Crippen LogP contribution in [0.25, 0.3) is 0 Å². The predicted octanol–water partition coefficient (Wildman–Crippen LogP) is 6.88. The van der Waals surface area contributed by atoms with Gasteiger partial charge in [0.25, 0.3) is 0 Å². The Morgan fingerprint density at radius 2 is 1.52 bits per heavy atom. The molecule has 0 unspecified atom stereocenters. The van der Waals surface area contributed by atoms with Crippen LogP contribution in [-0.2, 0) is 11.3 Å². The monoisotopic (exact) mass is 340 g/mol. The molecule has 0 radical (unpaired) electrons. The molecule has 0 spiro atoms. The minimum Gasteiger partial charge on any atom is -0.377 e. The van der Waals surface area contributed by atoms with Crippen LogP contribution >= 0.6 is 0 Å². The van der Waals surface area contributed by atoms with Gasteiger partial charge < -0.3 is 4.74 Å². The summed E-state index contributed by atoms with van der Waals surface area (Å²) in [6.45, 7) is 7.76. The molecule has 1 nitrogen and oxygen atoms in total. The molecule has 2 aliphatic carbocycles. The summed E-state index contributed by atoms with van der Waals surface area (Å²) in [5, 5.41) is 0. The second kappa shape index (κ2) is 9.57. The third-order valence-electron chi connectivity index (χ3n) is 6.66. The lowest BCUT2D eigenvalue weighted by Gasteiger charge is -2.37. The Labute approximate surface area is 154 Å². The average molecular weight is 341 g/mol. The van der Waals surface area contributed by atoms with Crippen molar-refractivity contribution in [3.8, 4) is 0 Å². The van der Waals surface area contributed by atoms with Crippen molar-refractivity contribution in [1.82, 2.24) is 0 Å². The fourth-order valence-corrected chi connectivity index (χ4v) is 5.00. The zero-order valence-electron chi connectivity index (χ0n) is 16.1. The summed E-state index contributed by atoms with van der Waals surface area (Å²) in [5.74, 6) is 3.57. The second-order valence-corrected chi connectivity index (χ2v) is 8.32. The van der Waals surface area contributed by atoms with Gasteiger partial charge in [-0.1, -0.05) is 37.3 Å². The Morgan fingerprint density at radius 1 is 0.920 bits per heavy atom. The van der Waals surface area contributed by atoms with Crippen molar-refractivity contribution < 1.29 is 4.74 Å². The van der Waals surface area contributed by atoms with E-state index in [1.807, 2.05) is 0 Å². The Morgan fingerprint density at radius 3 is 2.08 bits per heavy atom. The molecule has 1 aromatic carbocycles. The van der Waals surface area contributed by atoms with E-state index in [4.69, 9.17) is 4.74 Å². The first kappa shape index (κ1) is 18.7. The molecule has 138 valence electrons. The summed E-state index contributed by atoms with van der Waals surface area (Å²) in [7, 11) is 0. The zero-order chi connectivity index (χ0) is 17.5. The zero-order valence-corrected chi connectivity index (χ0v) is 16.1. The molecule has 0 heterocycles. The third-order valence-corrected chi connectivity index (χ3v) is 6.66. The summed E-state index contributed by atoms with van der Waals surface area (Å²) in [4.78, 5) is 0. The fourth-order valence-electron chi connectivity index (χ4n) is 5.00. The van der Waals surface area contributed by atoms with E-state index in [0.29, 0.717) is 0 Å². The normalized spacial score (nSPS) is 30.1. The van der Waals surface area contributed by atoms with Gasteiger partial charge in [-0.15, -0.1) is 6.58 Å². The molecule has 0 saturated heterocycles. The summed E-state index contributed by atoms with van der Waals surface area (Å²) < 4.78 is 5.64. The number of rotatable bonds is 7. The molecule has 0 atom stereocenters. The quantitative estimate of drug-likeness (QED) is 0.388. The molecular formula is C24H36O. The molecule has 3 rings (SSSR count). The van der Waals surface area contributed by atoms with E-state index in [1.54, 1.807) is 5.56 Å². The van der Waals surface area contributed by atoms with Crippen molar-refractivity contribution in [3.05, 3.63) is 48.0 Å². The number of ether oxygens (including phenoxy) is 1. The molecule has 0 N–H and O–H groups in total. The number of allylic oxidation sites excluding steroid dienone is 1. The molecule has 0 aliphatic heterocycles. The van der Waals surface area contributed by atoms with Gasteiger partial charge >= 0.3 is 0 Å². The molecule has 1 heteroatoms. The molecule has 1 aromatic rings. The molecule has 0 bridgehead atoms. The Bertz CT molecular complexity index is 501. The maximum atomic E-state index is 5.64. The van der Waals surface area contributed by atoms with E-state index in [0.717, 1.165) is 43.3 Å². The standard InChI is InChI=1S/C24H36O/c1-3-17-25-18-20-7-11-22(12-8-20)24-15-13-23(14-16-24)21-9-5-19(4-2)6-10-21/h4,7-8,11-12,19,21,23-24H,2-3,5-6,9-10,13-18H2,1H3/t19-,21-,23-,24-. The van der Waals surface area contributed by atoms with Crippen LogP contribution in [-0.4, -0.2) is 6.61 Å². The number of hydrogen-bond donors (Lipinski definition) is 0. The predicted molar refractivity (Wildman–Crippen MR) is 107 cm³/mol. The van der Waals surface area contributed by atoms with E-state index in [9.17, 15) is 0 Å². The van der Waals surface area contributed by atoms with Gasteiger partial charge in [0, 0.05) is 6.61 Å². The van der Waals surface area contributed by atoms with E-state index in [1.165, 1.54) is 56.9 Å². The van der Waals surface area contributed by atoms with E-state index in [-0.39, 0.29) is 0 Å². The van der Waals surface area contributed by atoms with Crippen molar-refractivity contribution in [3.63, 3.8) is 0 Å². The van der Waals surface area contributed by atoms with Crippen molar-refractivity contribution in [2.75, 3.05) is 6.61 Å². The van der Waals surface area contributed by atoms with Crippen LogP contribution in [0.2, 0.25) is 0 Å². The van der Waals surface area contributed by atoms with Gasteiger partial charge in [0.2, 0.25) is 0 Å². The largest absolute Gasteiger partial charge is 0.377 e. The highest BCUT2D eigenvalue weighted by molar-refractivity contribution is 5.25. The molecule has 25 heavy (non-hydrogen) atoms. The van der Waals surface area contributed by atoms with Gasteiger partial charge in [0.15, 0.2) is 0 Å². The molecular weight excluding hydrogens is 304 g/mol. The van der Waals surface area contributed by atoms with Crippen LogP contribution in [0.3, 0.4) is 0 Å². The summed E-state index contributed by atoms with van der Waals surface area (Å²) in [5.41, 5.74) is 2.86. The van der Waals surface area contributed by atoms with Crippen molar-refractivity contribution in [2.24, 2.45) is 17.8 Å². The van der Waals surface area contributed by atoms with Gasteiger partial charge in [0.05, 0.1) is 6.61 Å². The summed E-state index contributed by atoms with van der Waals surface area (Å²) in [6, 6.07) is 9.25. The Kier molecular flexibility index (Phi) is 7.16. The van der Waals surface area contributed by atoms with Gasteiger partial charge in [0.1, 0.15) is 0 Å². The van der Waals surface area contributed by atoms with E-state index in [2.05, 4.69) is 43.8 Å². The first-order valence-corrected chi connectivity index (χ1v) is 10.6. The lowest BCUT2D eigenvalue weighted by molar-refractivity contribution is 0.121. The fraction of sp³-hybridized carbons (Fsp3) is 0.667. The second-order valence-electron chi connectivity index (χ2n) is 8.32. The van der Waals surface area contributed by atoms with Gasteiger partial charge in [-0.2, -0.15) is 0 Å². The van der Waals surface area contributed by atoms with Crippen LogP contribution in [0, 0.1) is 17.8 Å². The van der Waals surface area contributed by atoms with Crippen molar-refractivity contribution in [1.29, 1.82) is 0 Å². The SMILES string of the molecule is C=C[C@H]1CC[C@H]([C@H]2CC[C@H](c3ccc(COCCC)cc3)CC2)CC1. The maximum absolute atomic E-state index is 5.64. The third kappa shape index (κ3) is 5.20. The molecule has 2 saturated carbocycles. The maximum Gasteiger partial charge on any atom is 0.0716 e.